The highest BCUT2D eigenvalue weighted by molar-refractivity contribution is 7.82. The molecular formula is C23H36FN3O4S. The molecule has 1 aliphatic carbocycles. The number of unbranched alkanes of at least 4 members (excludes halogenated alkanes) is 2. The number of ether oxygens (including phenoxy) is 1. The fourth-order valence-corrected chi connectivity index (χ4v) is 3.81. The average molecular weight is 470 g/mol. The first kappa shape index (κ1) is 26.3. The molecule has 2 N–H and O–H groups in total. The first-order chi connectivity index (χ1) is 15.2. The van der Waals surface area contributed by atoms with E-state index >= 15 is 0 Å². The van der Waals surface area contributed by atoms with E-state index in [4.69, 9.17) is 4.74 Å². The minimum atomic E-state index is -1.18. The van der Waals surface area contributed by atoms with Crippen LogP contribution in [-0.2, 0) is 22.3 Å². The van der Waals surface area contributed by atoms with Gasteiger partial charge in [0.15, 0.2) is 11.6 Å². The Hall–Kier alpha value is -2.00. The number of nitrogens with zero attached hydrogens (tertiary/aromatic N) is 1. The molecule has 1 heterocycles. The number of carbonyl (C=O) groups is 2. The second kappa shape index (κ2) is 13.5. The Morgan fingerprint density at radius 3 is 2.56 bits per heavy atom. The van der Waals surface area contributed by atoms with Gasteiger partial charge in [0.2, 0.25) is 5.91 Å². The first-order valence-electron chi connectivity index (χ1n) is 11.4. The highest BCUT2D eigenvalue weighted by Gasteiger charge is 2.25. The van der Waals surface area contributed by atoms with Gasteiger partial charge in [0.1, 0.15) is 6.54 Å². The lowest BCUT2D eigenvalue weighted by Crippen LogP contribution is -2.29. The summed E-state index contributed by atoms with van der Waals surface area (Å²) < 4.78 is 34.3. The van der Waals surface area contributed by atoms with Gasteiger partial charge in [-0.2, -0.15) is 0 Å². The number of rotatable bonds is 12. The number of hydrogen-bond acceptors (Lipinski definition) is 4. The number of halogens is 1. The molecule has 7 nitrogen and oxygen atoms in total. The van der Waals surface area contributed by atoms with Gasteiger partial charge in [-0.25, -0.2) is 18.1 Å². The zero-order chi connectivity index (χ0) is 23.5. The number of amides is 3. The summed E-state index contributed by atoms with van der Waals surface area (Å²) in [7, 11) is -1.18. The van der Waals surface area contributed by atoms with Crippen molar-refractivity contribution in [2.75, 3.05) is 25.4 Å². The Balaban J connectivity index is 0.000000837. The molecule has 2 aliphatic rings. The van der Waals surface area contributed by atoms with Gasteiger partial charge >= 0.3 is 6.03 Å². The first-order valence-corrected chi connectivity index (χ1v) is 12.7. The molecule has 32 heavy (non-hydrogen) atoms. The largest absolute Gasteiger partial charge is 0.490 e. The van der Waals surface area contributed by atoms with E-state index in [9.17, 15) is 18.2 Å². The third-order valence-corrected chi connectivity index (χ3v) is 5.86. The van der Waals surface area contributed by atoms with E-state index in [1.807, 2.05) is 0 Å². The maximum atomic E-state index is 13.8. The van der Waals surface area contributed by atoms with Crippen molar-refractivity contribution >= 4 is 22.9 Å². The highest BCUT2D eigenvalue weighted by Crippen LogP contribution is 2.30. The van der Waals surface area contributed by atoms with Crippen LogP contribution in [0.4, 0.5) is 9.18 Å². The normalized spacial score (nSPS) is 16.6. The topological polar surface area (TPSA) is 87.7 Å². The predicted molar refractivity (Wildman–Crippen MR) is 124 cm³/mol. The molecule has 1 saturated heterocycles. The van der Waals surface area contributed by atoms with Crippen LogP contribution in [0.3, 0.4) is 0 Å². The summed E-state index contributed by atoms with van der Waals surface area (Å²) in [6, 6.07) is 4.35. The molecule has 1 aliphatic heterocycles. The summed E-state index contributed by atoms with van der Waals surface area (Å²) in [5.74, 6) is 1.49. The lowest BCUT2D eigenvalue weighted by atomic mass is 10.2. The number of nitrogens with one attached hydrogen (secondary N) is 2. The Labute approximate surface area is 193 Å². The molecule has 1 saturated carbocycles. The van der Waals surface area contributed by atoms with E-state index in [0.29, 0.717) is 31.4 Å². The molecule has 1 aromatic rings. The Bertz CT molecular complexity index is 784. The van der Waals surface area contributed by atoms with Gasteiger partial charge in [-0.15, -0.1) is 0 Å². The van der Waals surface area contributed by atoms with Gasteiger partial charge in [0.25, 0.3) is 0 Å². The Morgan fingerprint density at radius 2 is 1.94 bits per heavy atom. The fourth-order valence-electron chi connectivity index (χ4n) is 2.87. The second-order valence-corrected chi connectivity index (χ2v) is 10.3. The van der Waals surface area contributed by atoms with Gasteiger partial charge in [-0.05, 0) is 55.2 Å². The van der Waals surface area contributed by atoms with Gasteiger partial charge in [-0.3, -0.25) is 10.1 Å². The van der Waals surface area contributed by atoms with Crippen LogP contribution in [0, 0.1) is 17.7 Å². The molecule has 1 aromatic carbocycles. The zero-order valence-corrected chi connectivity index (χ0v) is 20.1. The van der Waals surface area contributed by atoms with E-state index < -0.39 is 11.0 Å². The average Bonchev–Trinajstić information content (AvgIpc) is 3.49. The Morgan fingerprint density at radius 1 is 1.22 bits per heavy atom. The van der Waals surface area contributed by atoms with Crippen LogP contribution < -0.4 is 14.8 Å². The fraction of sp³-hybridized carbons (Fsp3) is 0.652. The van der Waals surface area contributed by atoms with E-state index in [1.54, 1.807) is 12.1 Å². The maximum absolute atomic E-state index is 13.8. The predicted octanol–water partition coefficient (Wildman–Crippen LogP) is 3.75. The maximum Gasteiger partial charge on any atom is 0.324 e. The number of urea groups is 1. The summed E-state index contributed by atoms with van der Waals surface area (Å²) in [6.07, 6.45) is 4.62. The van der Waals surface area contributed by atoms with Crippen molar-refractivity contribution in [3.63, 3.8) is 0 Å². The molecule has 9 heteroatoms. The van der Waals surface area contributed by atoms with E-state index in [0.717, 1.165) is 43.6 Å². The van der Waals surface area contributed by atoms with Crippen LogP contribution in [0.5, 0.6) is 5.75 Å². The molecule has 0 aromatic heterocycles. The molecule has 0 spiro atoms. The van der Waals surface area contributed by atoms with E-state index in [2.05, 4.69) is 30.8 Å². The van der Waals surface area contributed by atoms with Crippen LogP contribution in [-0.4, -0.2) is 46.5 Å². The van der Waals surface area contributed by atoms with Crippen molar-refractivity contribution in [3.05, 3.63) is 29.6 Å². The number of hydrogen-bond donors (Lipinski definition) is 2. The molecule has 180 valence electrons. The quantitative estimate of drug-likeness (QED) is 0.361. The van der Waals surface area contributed by atoms with Gasteiger partial charge in [0, 0.05) is 18.8 Å². The number of carbonyl (C=O) groups excluding carboxylic acids is 2. The Kier molecular flexibility index (Phi) is 11.1. The molecular weight excluding hydrogens is 433 g/mol. The molecule has 2 fully saturated rings. The van der Waals surface area contributed by atoms with Crippen LogP contribution >= 0.6 is 0 Å². The highest BCUT2D eigenvalue weighted by atomic mass is 32.2. The summed E-state index contributed by atoms with van der Waals surface area (Å²) in [4.78, 5) is 24.0. The minimum absolute atomic E-state index is 0.121. The van der Waals surface area contributed by atoms with E-state index in [-0.39, 0.29) is 30.0 Å². The zero-order valence-electron chi connectivity index (χ0n) is 19.3. The molecule has 0 bridgehead atoms. The van der Waals surface area contributed by atoms with Crippen molar-refractivity contribution in [3.8, 4) is 5.75 Å². The van der Waals surface area contributed by atoms with Crippen molar-refractivity contribution in [1.29, 1.82) is 0 Å². The number of benzene rings is 1. The van der Waals surface area contributed by atoms with Crippen LogP contribution in [0.25, 0.3) is 0 Å². The summed E-state index contributed by atoms with van der Waals surface area (Å²) in [5, 5.41) is 2.24. The summed E-state index contributed by atoms with van der Waals surface area (Å²) >= 11 is 0. The lowest BCUT2D eigenvalue weighted by molar-refractivity contribution is -0.118. The third-order valence-electron chi connectivity index (χ3n) is 4.73. The molecule has 1 atom stereocenters. The van der Waals surface area contributed by atoms with Gasteiger partial charge in [-0.1, -0.05) is 33.3 Å². The summed E-state index contributed by atoms with van der Waals surface area (Å²) in [5.41, 5.74) is 0.824. The molecule has 3 amide bonds. The van der Waals surface area contributed by atoms with Crippen LogP contribution in [0.1, 0.15) is 58.4 Å². The lowest BCUT2D eigenvalue weighted by Gasteiger charge is -2.12. The SMILES string of the molecule is CC(C)C.O=C1CN(CCCCCS(=O)NCc2ccc(F)c(OCC3CC3)c2)C(=O)N1. The molecule has 0 radical (unpaired) electrons. The van der Waals surface area contributed by atoms with Crippen molar-refractivity contribution in [1.82, 2.24) is 14.9 Å². The monoisotopic (exact) mass is 469 g/mol. The van der Waals surface area contributed by atoms with Crippen molar-refractivity contribution < 1.29 is 22.9 Å². The number of imide groups is 1. The van der Waals surface area contributed by atoms with Crippen LogP contribution in [0.2, 0.25) is 0 Å². The smallest absolute Gasteiger partial charge is 0.324 e. The third kappa shape index (κ3) is 10.5. The molecule has 1 unspecified atom stereocenters. The standard InChI is InChI=1S/C19H26FN3O4S.C4H10/c20-16-7-6-15(10-17(16)27-13-14-4-5-14)11-21-28(26)9-3-1-2-8-23-12-18(24)22-19(23)25;1-4(2)3/h6-7,10,14,21H,1-5,8-9,11-13H2,(H,22,24,25);4H,1-3H3. The van der Waals surface area contributed by atoms with Crippen molar-refractivity contribution in [2.45, 2.75) is 59.4 Å². The second-order valence-electron chi connectivity index (χ2n) is 8.96. The van der Waals surface area contributed by atoms with Crippen LogP contribution in [0.15, 0.2) is 18.2 Å². The molecule has 3 rings (SSSR count). The van der Waals surface area contributed by atoms with Gasteiger partial charge in [0.05, 0.1) is 17.6 Å². The van der Waals surface area contributed by atoms with E-state index in [1.165, 1.54) is 11.0 Å². The van der Waals surface area contributed by atoms with Gasteiger partial charge < -0.3 is 9.64 Å². The minimum Gasteiger partial charge on any atom is -0.490 e. The van der Waals surface area contributed by atoms with Crippen molar-refractivity contribution in [2.24, 2.45) is 11.8 Å². The summed E-state index contributed by atoms with van der Waals surface area (Å²) in [6.45, 7) is 8.07.